The van der Waals surface area contributed by atoms with Crippen molar-refractivity contribution in [2.24, 2.45) is 0 Å². The largest absolute Gasteiger partial charge is 0.365 e. The Kier molecular flexibility index (Phi) is 6.77. The van der Waals surface area contributed by atoms with Crippen LogP contribution in [0.4, 0.5) is 0 Å². The number of hydrogen-bond donors (Lipinski definition) is 0. The summed E-state index contributed by atoms with van der Waals surface area (Å²) in [6.45, 7) is 16.1. The van der Waals surface area contributed by atoms with Crippen LogP contribution >= 0.6 is 0 Å². The zero-order chi connectivity index (χ0) is 18.4. The second-order valence-electron chi connectivity index (χ2n) is 7.87. The summed E-state index contributed by atoms with van der Waals surface area (Å²) >= 11 is 0. The van der Waals surface area contributed by atoms with Gasteiger partial charge in [-0.3, -0.25) is 0 Å². The molecule has 0 saturated carbocycles. The van der Waals surface area contributed by atoms with Gasteiger partial charge in [0.2, 0.25) is 0 Å². The van der Waals surface area contributed by atoms with Crippen molar-refractivity contribution in [2.45, 2.75) is 44.6 Å². The molecule has 6 heteroatoms. The first-order chi connectivity index (χ1) is 12.7. The normalized spacial score (nSPS) is 25.2. The van der Waals surface area contributed by atoms with Gasteiger partial charge >= 0.3 is 5.70 Å². The van der Waals surface area contributed by atoms with Crippen LogP contribution in [-0.2, 0) is 0 Å². The maximum Gasteiger partial charge on any atom is 0.300 e. The van der Waals surface area contributed by atoms with Gasteiger partial charge in [-0.1, -0.05) is 6.42 Å². The second-order valence-corrected chi connectivity index (χ2v) is 7.87. The molecule has 26 heavy (non-hydrogen) atoms. The number of likely N-dealkylation sites (tertiary alicyclic amines) is 2. The van der Waals surface area contributed by atoms with Crippen molar-refractivity contribution in [2.75, 3.05) is 59.4 Å². The third kappa shape index (κ3) is 4.50. The highest BCUT2D eigenvalue weighted by atomic mass is 15.4. The molecule has 0 aromatic heterocycles. The molecule has 3 saturated heterocycles. The number of allylic oxidation sites excluding steroid dienone is 1. The molecule has 0 amide bonds. The van der Waals surface area contributed by atoms with E-state index in [1.807, 2.05) is 0 Å². The molecule has 0 bridgehead atoms. The topological polar surface area (TPSA) is 41.1 Å². The molecule has 0 aromatic rings. The van der Waals surface area contributed by atoms with Crippen LogP contribution in [0.1, 0.15) is 38.5 Å². The summed E-state index contributed by atoms with van der Waals surface area (Å²) in [7, 11) is 2.17. The summed E-state index contributed by atoms with van der Waals surface area (Å²) in [5.41, 5.74) is 0.277. The van der Waals surface area contributed by atoms with E-state index in [2.05, 4.69) is 37.6 Å². The first kappa shape index (κ1) is 19.0. The Hall–Kier alpha value is -1.76. The lowest BCUT2D eigenvalue weighted by Gasteiger charge is -2.37. The second kappa shape index (κ2) is 9.26. The summed E-state index contributed by atoms with van der Waals surface area (Å²) in [6, 6.07) is 2.63. The molecule has 3 heterocycles. The molecular weight excluding hydrogens is 324 g/mol. The molecule has 3 aliphatic rings. The average molecular weight is 357 g/mol. The molecule has 3 aliphatic heterocycles. The first-order valence-electron chi connectivity index (χ1n) is 10.2. The van der Waals surface area contributed by atoms with Gasteiger partial charge in [0.05, 0.1) is 12.6 Å². The third-order valence-electron chi connectivity index (χ3n) is 6.09. The Morgan fingerprint density at radius 3 is 2.46 bits per heavy atom. The SMILES string of the molecule is [C-]#[N+]C(C#N)=C1N(CCCN2CCCCC2)CCN1C1CCN(C)CC1. The summed E-state index contributed by atoms with van der Waals surface area (Å²) in [5.74, 6) is 0.913. The lowest BCUT2D eigenvalue weighted by Crippen LogP contribution is -2.42. The molecule has 0 aliphatic carbocycles. The monoisotopic (exact) mass is 356 g/mol. The van der Waals surface area contributed by atoms with Crippen LogP contribution in [0, 0.1) is 17.9 Å². The van der Waals surface area contributed by atoms with Crippen LogP contribution in [0.5, 0.6) is 0 Å². The molecule has 0 spiro atoms. The number of nitrogens with zero attached hydrogens (tertiary/aromatic N) is 6. The van der Waals surface area contributed by atoms with E-state index in [0.29, 0.717) is 6.04 Å². The molecule has 0 atom stereocenters. The highest BCUT2D eigenvalue weighted by Crippen LogP contribution is 2.29. The quantitative estimate of drug-likeness (QED) is 0.558. The highest BCUT2D eigenvalue weighted by molar-refractivity contribution is 5.34. The van der Waals surface area contributed by atoms with E-state index < -0.39 is 0 Å². The summed E-state index contributed by atoms with van der Waals surface area (Å²) in [6.07, 6.45) is 7.39. The van der Waals surface area contributed by atoms with Gasteiger partial charge in [0.25, 0.3) is 0 Å². The maximum atomic E-state index is 9.50. The number of rotatable bonds is 5. The van der Waals surface area contributed by atoms with E-state index in [0.717, 1.165) is 64.4 Å². The molecule has 6 nitrogen and oxygen atoms in total. The maximum absolute atomic E-state index is 9.50. The Bertz CT molecular complexity index is 556. The lowest BCUT2D eigenvalue weighted by atomic mass is 10.0. The van der Waals surface area contributed by atoms with Crippen molar-refractivity contribution in [3.05, 3.63) is 22.9 Å². The average Bonchev–Trinajstić information content (AvgIpc) is 3.08. The van der Waals surface area contributed by atoms with Crippen LogP contribution < -0.4 is 0 Å². The molecular formula is C20H32N6. The van der Waals surface area contributed by atoms with Crippen LogP contribution in [-0.4, -0.2) is 85.0 Å². The van der Waals surface area contributed by atoms with E-state index in [1.54, 1.807) is 0 Å². The van der Waals surface area contributed by atoms with Gasteiger partial charge in [-0.2, -0.15) is 0 Å². The molecule has 0 radical (unpaired) electrons. The fraction of sp³-hybridized carbons (Fsp3) is 0.800. The minimum Gasteiger partial charge on any atom is -0.365 e. The molecule has 3 fully saturated rings. The van der Waals surface area contributed by atoms with Crippen molar-refractivity contribution in [3.63, 3.8) is 0 Å². The minimum atomic E-state index is 0.277. The summed E-state index contributed by atoms with van der Waals surface area (Å²) < 4.78 is 0. The van der Waals surface area contributed by atoms with Gasteiger partial charge in [0.15, 0.2) is 0 Å². The van der Waals surface area contributed by atoms with Crippen molar-refractivity contribution in [3.8, 4) is 6.07 Å². The van der Waals surface area contributed by atoms with E-state index in [-0.39, 0.29) is 5.70 Å². The van der Waals surface area contributed by atoms with Gasteiger partial charge in [-0.25, -0.2) is 10.1 Å². The van der Waals surface area contributed by atoms with Crippen LogP contribution in [0.2, 0.25) is 0 Å². The number of piperidine rings is 2. The van der Waals surface area contributed by atoms with Crippen molar-refractivity contribution in [1.82, 2.24) is 19.6 Å². The molecule has 0 aromatic carbocycles. The molecule has 3 rings (SSSR count). The predicted octanol–water partition coefficient (Wildman–Crippen LogP) is 2.19. The van der Waals surface area contributed by atoms with Gasteiger partial charge < -0.3 is 19.6 Å². The zero-order valence-corrected chi connectivity index (χ0v) is 16.2. The van der Waals surface area contributed by atoms with E-state index in [4.69, 9.17) is 6.57 Å². The number of hydrogen-bond acceptors (Lipinski definition) is 5. The Morgan fingerprint density at radius 2 is 1.81 bits per heavy atom. The Balaban J connectivity index is 1.62. The highest BCUT2D eigenvalue weighted by Gasteiger charge is 2.34. The minimum absolute atomic E-state index is 0.277. The Morgan fingerprint density at radius 1 is 1.08 bits per heavy atom. The van der Waals surface area contributed by atoms with Gasteiger partial charge in [-0.15, -0.1) is 0 Å². The smallest absolute Gasteiger partial charge is 0.300 e. The van der Waals surface area contributed by atoms with Crippen LogP contribution in [0.3, 0.4) is 0 Å². The standard InChI is InChI=1S/C20H32N6/c1-22-19(17-21)20-25(12-6-11-24-9-4-3-5-10-24)15-16-26(20)18-7-13-23(2)14-8-18/h18H,3-16H2,2H3. The predicted molar refractivity (Wildman–Crippen MR) is 103 cm³/mol. The van der Waals surface area contributed by atoms with Gasteiger partial charge in [0, 0.05) is 25.7 Å². The van der Waals surface area contributed by atoms with Gasteiger partial charge in [0.1, 0.15) is 5.82 Å². The van der Waals surface area contributed by atoms with Crippen LogP contribution in [0.15, 0.2) is 11.5 Å². The van der Waals surface area contributed by atoms with E-state index in [9.17, 15) is 5.26 Å². The van der Waals surface area contributed by atoms with E-state index in [1.165, 1.54) is 32.4 Å². The van der Waals surface area contributed by atoms with Crippen molar-refractivity contribution in [1.29, 1.82) is 5.26 Å². The third-order valence-corrected chi connectivity index (χ3v) is 6.09. The Labute approximate surface area is 158 Å². The van der Waals surface area contributed by atoms with Crippen molar-refractivity contribution >= 4 is 0 Å². The lowest BCUT2D eigenvalue weighted by molar-refractivity contribution is 0.156. The molecule has 0 unspecified atom stereocenters. The summed E-state index contributed by atoms with van der Waals surface area (Å²) in [5, 5.41) is 9.50. The summed E-state index contributed by atoms with van der Waals surface area (Å²) in [4.78, 5) is 13.2. The fourth-order valence-electron chi connectivity index (χ4n) is 4.58. The first-order valence-corrected chi connectivity index (χ1v) is 10.2. The number of nitriles is 1. The molecule has 0 N–H and O–H groups in total. The van der Waals surface area contributed by atoms with Gasteiger partial charge in [-0.05, 0) is 71.9 Å². The fourth-order valence-corrected chi connectivity index (χ4v) is 4.58. The zero-order valence-electron chi connectivity index (χ0n) is 16.2. The molecule has 142 valence electrons. The van der Waals surface area contributed by atoms with Crippen molar-refractivity contribution < 1.29 is 0 Å². The van der Waals surface area contributed by atoms with Crippen LogP contribution in [0.25, 0.3) is 4.85 Å². The van der Waals surface area contributed by atoms with E-state index >= 15 is 0 Å².